The Bertz CT molecular complexity index is 1090. The van der Waals surface area contributed by atoms with Gasteiger partial charge in [0.2, 0.25) is 5.95 Å². The van der Waals surface area contributed by atoms with Gasteiger partial charge in [0.05, 0.1) is 17.9 Å². The lowest BCUT2D eigenvalue weighted by molar-refractivity contribution is 0.771. The third-order valence-electron chi connectivity index (χ3n) is 4.68. The van der Waals surface area contributed by atoms with Crippen LogP contribution in [0.15, 0.2) is 54.1 Å². The molecule has 0 aliphatic heterocycles. The molecule has 3 heterocycles. The standard InChI is InChI=1S/C20H23N7S/c1-13(2)16-12-22-27-18(16)24-20(28-4)25-19(27)23-14(3)15-8-5-6-9-17(15)26-11-7-10-21-26/h5-14H,1-4H3,(H,23,24,25). The Morgan fingerprint density at radius 1 is 1.00 bits per heavy atom. The zero-order valence-corrected chi connectivity index (χ0v) is 17.2. The second-order valence-electron chi connectivity index (χ2n) is 6.90. The SMILES string of the molecule is CSc1nc(NC(C)c2ccccc2-n2cccn2)n2ncc(C(C)C)c2n1. The van der Waals surface area contributed by atoms with Gasteiger partial charge in [0, 0.05) is 18.0 Å². The monoisotopic (exact) mass is 393 g/mol. The Morgan fingerprint density at radius 3 is 2.54 bits per heavy atom. The molecule has 0 bridgehead atoms. The first-order valence-corrected chi connectivity index (χ1v) is 10.5. The minimum Gasteiger partial charge on any atom is -0.347 e. The lowest BCUT2D eigenvalue weighted by Gasteiger charge is -2.19. The Kier molecular flexibility index (Phi) is 5.04. The summed E-state index contributed by atoms with van der Waals surface area (Å²) < 4.78 is 3.67. The van der Waals surface area contributed by atoms with Gasteiger partial charge in [0.15, 0.2) is 10.8 Å². The Balaban J connectivity index is 1.75. The van der Waals surface area contributed by atoms with E-state index in [1.54, 1.807) is 10.7 Å². The molecule has 0 radical (unpaired) electrons. The predicted molar refractivity (Wildman–Crippen MR) is 112 cm³/mol. The zero-order chi connectivity index (χ0) is 19.7. The van der Waals surface area contributed by atoms with Crippen LogP contribution in [0.3, 0.4) is 0 Å². The molecule has 1 aromatic carbocycles. The number of nitrogens with zero attached hydrogens (tertiary/aromatic N) is 6. The van der Waals surface area contributed by atoms with Crippen LogP contribution in [0.1, 0.15) is 43.9 Å². The summed E-state index contributed by atoms with van der Waals surface area (Å²) in [6, 6.07) is 10.1. The van der Waals surface area contributed by atoms with Gasteiger partial charge in [0.25, 0.3) is 0 Å². The van der Waals surface area contributed by atoms with Gasteiger partial charge < -0.3 is 5.32 Å². The topological polar surface area (TPSA) is 72.9 Å². The van der Waals surface area contributed by atoms with E-state index in [2.05, 4.69) is 58.4 Å². The number of nitrogens with one attached hydrogen (secondary N) is 1. The molecule has 0 saturated heterocycles. The van der Waals surface area contributed by atoms with Gasteiger partial charge in [0.1, 0.15) is 0 Å². The number of fused-ring (bicyclic) bond motifs is 1. The second kappa shape index (κ2) is 7.63. The lowest BCUT2D eigenvalue weighted by atomic mass is 10.1. The van der Waals surface area contributed by atoms with Crippen LogP contribution in [0.2, 0.25) is 0 Å². The fraction of sp³-hybridized carbons (Fsp3) is 0.300. The Hall–Kier alpha value is -2.87. The highest BCUT2D eigenvalue weighted by Crippen LogP contribution is 2.27. The van der Waals surface area contributed by atoms with Gasteiger partial charge >= 0.3 is 0 Å². The van der Waals surface area contributed by atoms with E-state index in [0.717, 1.165) is 27.6 Å². The van der Waals surface area contributed by atoms with Crippen molar-refractivity contribution in [1.82, 2.24) is 29.4 Å². The molecule has 0 aliphatic rings. The van der Waals surface area contributed by atoms with E-state index in [1.807, 2.05) is 41.5 Å². The molecule has 8 heteroatoms. The molecule has 4 rings (SSSR count). The summed E-state index contributed by atoms with van der Waals surface area (Å²) in [4.78, 5) is 9.34. The van der Waals surface area contributed by atoms with E-state index >= 15 is 0 Å². The third-order valence-corrected chi connectivity index (χ3v) is 5.23. The van der Waals surface area contributed by atoms with Gasteiger partial charge in [-0.15, -0.1) is 0 Å². The molecule has 0 spiro atoms. The zero-order valence-electron chi connectivity index (χ0n) is 16.4. The molecule has 7 nitrogen and oxygen atoms in total. The molecule has 0 fully saturated rings. The van der Waals surface area contributed by atoms with Crippen molar-refractivity contribution in [2.45, 2.75) is 37.9 Å². The number of anilines is 1. The van der Waals surface area contributed by atoms with Crippen molar-refractivity contribution in [3.63, 3.8) is 0 Å². The first-order chi connectivity index (χ1) is 13.6. The maximum atomic E-state index is 4.67. The van der Waals surface area contributed by atoms with Crippen LogP contribution in [0.5, 0.6) is 0 Å². The summed E-state index contributed by atoms with van der Waals surface area (Å²) in [5, 5.41) is 13.2. The summed E-state index contributed by atoms with van der Waals surface area (Å²) in [6.45, 7) is 6.41. The average Bonchev–Trinajstić information content (AvgIpc) is 3.37. The number of rotatable bonds is 6. The first kappa shape index (κ1) is 18.5. The first-order valence-electron chi connectivity index (χ1n) is 9.23. The van der Waals surface area contributed by atoms with Crippen molar-refractivity contribution in [3.05, 3.63) is 60.0 Å². The molecule has 0 aliphatic carbocycles. The van der Waals surface area contributed by atoms with Crippen LogP contribution in [-0.2, 0) is 0 Å². The van der Waals surface area contributed by atoms with Crippen LogP contribution in [0.4, 0.5) is 5.95 Å². The van der Waals surface area contributed by atoms with Crippen LogP contribution in [0.25, 0.3) is 11.3 Å². The van der Waals surface area contributed by atoms with Crippen molar-refractivity contribution >= 4 is 23.4 Å². The number of aromatic nitrogens is 6. The molecular weight excluding hydrogens is 370 g/mol. The molecule has 3 aromatic heterocycles. The molecule has 4 aromatic rings. The van der Waals surface area contributed by atoms with Gasteiger partial charge in [-0.05, 0) is 36.8 Å². The maximum Gasteiger partial charge on any atom is 0.228 e. The second-order valence-corrected chi connectivity index (χ2v) is 7.67. The van der Waals surface area contributed by atoms with E-state index in [4.69, 9.17) is 0 Å². The molecule has 144 valence electrons. The summed E-state index contributed by atoms with van der Waals surface area (Å²) >= 11 is 1.53. The number of para-hydroxylation sites is 1. The minimum atomic E-state index is -0.0000869. The average molecular weight is 394 g/mol. The highest BCUT2D eigenvalue weighted by Gasteiger charge is 2.18. The van der Waals surface area contributed by atoms with Crippen molar-refractivity contribution < 1.29 is 0 Å². The van der Waals surface area contributed by atoms with Gasteiger partial charge in [-0.25, -0.2) is 9.67 Å². The predicted octanol–water partition coefficient (Wildman–Crippen LogP) is 4.33. The number of benzene rings is 1. The molecule has 1 N–H and O–H groups in total. The minimum absolute atomic E-state index is 0.0000869. The normalized spacial score (nSPS) is 12.6. The fourth-order valence-corrected chi connectivity index (χ4v) is 3.57. The smallest absolute Gasteiger partial charge is 0.228 e. The molecule has 1 atom stereocenters. The molecule has 1 unspecified atom stereocenters. The van der Waals surface area contributed by atoms with Crippen LogP contribution in [-0.4, -0.2) is 35.6 Å². The molecular formula is C20H23N7S. The van der Waals surface area contributed by atoms with E-state index in [0.29, 0.717) is 11.9 Å². The fourth-order valence-electron chi connectivity index (χ4n) is 3.21. The Labute approximate surface area is 168 Å². The van der Waals surface area contributed by atoms with E-state index in [9.17, 15) is 0 Å². The van der Waals surface area contributed by atoms with E-state index in [1.165, 1.54) is 11.8 Å². The molecule has 0 amide bonds. The van der Waals surface area contributed by atoms with Crippen molar-refractivity contribution in [3.8, 4) is 5.69 Å². The lowest BCUT2D eigenvalue weighted by Crippen LogP contribution is -2.15. The summed E-state index contributed by atoms with van der Waals surface area (Å²) in [5.41, 5.74) is 4.13. The van der Waals surface area contributed by atoms with E-state index in [-0.39, 0.29) is 6.04 Å². The summed E-state index contributed by atoms with van der Waals surface area (Å²) in [5.74, 6) is 1.02. The Morgan fingerprint density at radius 2 is 1.82 bits per heavy atom. The molecule has 0 saturated carbocycles. The van der Waals surface area contributed by atoms with Crippen LogP contribution in [0, 0.1) is 0 Å². The van der Waals surface area contributed by atoms with Gasteiger partial charge in [-0.2, -0.15) is 19.7 Å². The summed E-state index contributed by atoms with van der Waals surface area (Å²) in [7, 11) is 0. The van der Waals surface area contributed by atoms with Crippen molar-refractivity contribution in [2.24, 2.45) is 0 Å². The van der Waals surface area contributed by atoms with Crippen LogP contribution >= 0.6 is 11.8 Å². The number of hydrogen-bond donors (Lipinski definition) is 1. The molecule has 28 heavy (non-hydrogen) atoms. The van der Waals surface area contributed by atoms with Crippen molar-refractivity contribution in [1.29, 1.82) is 0 Å². The maximum absolute atomic E-state index is 4.67. The largest absolute Gasteiger partial charge is 0.347 e. The number of thioether (sulfide) groups is 1. The van der Waals surface area contributed by atoms with Gasteiger partial charge in [-0.1, -0.05) is 43.8 Å². The third kappa shape index (κ3) is 3.35. The quantitative estimate of drug-likeness (QED) is 0.492. The highest BCUT2D eigenvalue weighted by atomic mass is 32.2. The van der Waals surface area contributed by atoms with Crippen molar-refractivity contribution in [2.75, 3.05) is 11.6 Å². The number of hydrogen-bond acceptors (Lipinski definition) is 6. The van der Waals surface area contributed by atoms with Gasteiger partial charge in [-0.3, -0.25) is 0 Å². The van der Waals surface area contributed by atoms with Crippen LogP contribution < -0.4 is 5.32 Å². The highest BCUT2D eigenvalue weighted by molar-refractivity contribution is 7.98. The van der Waals surface area contributed by atoms with E-state index < -0.39 is 0 Å². The summed E-state index contributed by atoms with van der Waals surface area (Å²) in [6.07, 6.45) is 7.59.